The number of cyclic esters (lactones) is 1. The predicted molar refractivity (Wildman–Crippen MR) is 137 cm³/mol. The summed E-state index contributed by atoms with van der Waals surface area (Å²) in [5, 5.41) is 31.7. The van der Waals surface area contributed by atoms with E-state index < -0.39 is 42.1 Å². The van der Waals surface area contributed by atoms with Crippen molar-refractivity contribution in [3.05, 3.63) is 56.9 Å². The van der Waals surface area contributed by atoms with Crippen molar-refractivity contribution in [2.75, 3.05) is 0 Å². The molecule has 0 bridgehead atoms. The van der Waals surface area contributed by atoms with Crippen LogP contribution in [0.5, 0.6) is 5.75 Å². The van der Waals surface area contributed by atoms with Crippen molar-refractivity contribution >= 4 is 34.9 Å². The number of hydrogen-bond donors (Lipinski definition) is 4. The maximum absolute atomic E-state index is 13.4. The normalized spacial score (nSPS) is 17.8. The number of carboxylic acids is 2. The Kier molecular flexibility index (Phi) is 6.54. The number of aryl methyl sites for hydroxylation is 1. The number of benzene rings is 1. The molecular formula is C27H25N3O10. The Hall–Kier alpha value is -4.78. The van der Waals surface area contributed by atoms with Crippen LogP contribution in [-0.4, -0.2) is 54.9 Å². The van der Waals surface area contributed by atoms with Gasteiger partial charge in [0.1, 0.15) is 18.4 Å². The van der Waals surface area contributed by atoms with Crippen molar-refractivity contribution in [2.24, 2.45) is 0 Å². The number of nitrogens with one attached hydrogen (secondary N) is 1. The quantitative estimate of drug-likeness (QED) is 0.244. The number of carboxylic acid groups (broad SMARTS) is 2. The zero-order valence-electron chi connectivity index (χ0n) is 21.5. The number of aromatic nitrogens is 2. The van der Waals surface area contributed by atoms with E-state index in [-0.39, 0.29) is 42.0 Å². The molecule has 0 radical (unpaired) electrons. The molecule has 13 nitrogen and oxygen atoms in total. The van der Waals surface area contributed by atoms with E-state index in [4.69, 9.17) is 24.7 Å². The fourth-order valence-electron chi connectivity index (χ4n) is 5.26. The number of carbonyl (C=O) groups is 4. The summed E-state index contributed by atoms with van der Waals surface area (Å²) in [4.78, 5) is 65.0. The molecule has 2 atom stereocenters. The number of esters is 1. The zero-order valence-corrected chi connectivity index (χ0v) is 21.5. The minimum absolute atomic E-state index is 0.0276. The van der Waals surface area contributed by atoms with E-state index in [0.29, 0.717) is 28.7 Å². The first kappa shape index (κ1) is 26.8. The molecule has 5 rings (SSSR count). The molecule has 2 aromatic heterocycles. The van der Waals surface area contributed by atoms with Crippen molar-refractivity contribution in [3.63, 3.8) is 0 Å². The molecule has 0 spiro atoms. The topological polar surface area (TPSA) is 194 Å². The van der Waals surface area contributed by atoms with Crippen LogP contribution in [0, 0.1) is 0 Å². The van der Waals surface area contributed by atoms with Crippen molar-refractivity contribution in [1.29, 1.82) is 0 Å². The van der Waals surface area contributed by atoms with Crippen LogP contribution in [-0.2, 0) is 44.3 Å². The second-order valence-corrected chi connectivity index (χ2v) is 9.58. The molecule has 40 heavy (non-hydrogen) atoms. The van der Waals surface area contributed by atoms with E-state index in [1.807, 2.05) is 12.2 Å². The fraction of sp³-hybridized carbons (Fsp3) is 0.333. The Morgan fingerprint density at radius 2 is 1.93 bits per heavy atom. The average Bonchev–Trinajstić information content (AvgIpc) is 3.27. The Balaban J connectivity index is 1.54. The Morgan fingerprint density at radius 1 is 1.18 bits per heavy atom. The summed E-state index contributed by atoms with van der Waals surface area (Å²) in [6.45, 7) is 3.50. The molecule has 0 saturated heterocycles. The number of aliphatic carboxylic acids is 2. The first-order valence-corrected chi connectivity index (χ1v) is 12.5. The fourth-order valence-corrected chi connectivity index (χ4v) is 5.26. The number of ether oxygens (including phenoxy) is 2. The highest BCUT2D eigenvalue weighted by atomic mass is 16.6. The van der Waals surface area contributed by atoms with Crippen LogP contribution < -0.4 is 15.6 Å². The maximum Gasteiger partial charge on any atom is 0.413 e. The van der Waals surface area contributed by atoms with E-state index in [1.54, 1.807) is 25.1 Å². The highest BCUT2D eigenvalue weighted by molar-refractivity contribution is 5.91. The molecule has 0 fully saturated rings. The number of nitrogens with zero attached hydrogens (tertiary/aromatic N) is 2. The molecule has 1 aromatic carbocycles. The molecule has 208 valence electrons. The Labute approximate surface area is 226 Å². The van der Waals surface area contributed by atoms with Crippen molar-refractivity contribution in [2.45, 2.75) is 57.9 Å². The van der Waals surface area contributed by atoms with Crippen LogP contribution in [0.1, 0.15) is 48.9 Å². The van der Waals surface area contributed by atoms with Gasteiger partial charge in [-0.3, -0.25) is 9.59 Å². The van der Waals surface area contributed by atoms with Crippen molar-refractivity contribution < 1.29 is 44.0 Å². The summed E-state index contributed by atoms with van der Waals surface area (Å²) in [7, 11) is 0. The van der Waals surface area contributed by atoms with E-state index in [0.717, 1.165) is 11.1 Å². The lowest BCUT2D eigenvalue weighted by Gasteiger charge is -2.31. The van der Waals surface area contributed by atoms with Gasteiger partial charge in [0.25, 0.3) is 5.56 Å². The van der Waals surface area contributed by atoms with Gasteiger partial charge < -0.3 is 34.7 Å². The molecule has 4 N–H and O–H groups in total. The standard InChI is InChI=1S/C27H25N3O10/c1-3-13-14-7-12(40-26(37)29-19(24(34)35)9-21(31)32)5-6-18(14)28-22-15(13)10-30-20(22)8-17-16(23(30)33)11-39-25(36)27(17,38)4-2/h5-8,19,38H,3-4,9-11H2,1-2H3,(H,29,37)(H,31,32)(H,34,35)/t19?,27-/m0/s1. The molecule has 2 aliphatic rings. The minimum atomic E-state index is -1.94. The number of rotatable bonds is 7. The van der Waals surface area contributed by atoms with Gasteiger partial charge in [0.05, 0.1) is 35.4 Å². The summed E-state index contributed by atoms with van der Waals surface area (Å²) in [5.74, 6) is -3.64. The zero-order chi connectivity index (χ0) is 28.9. The van der Waals surface area contributed by atoms with Gasteiger partial charge in [0.15, 0.2) is 5.60 Å². The number of pyridine rings is 2. The van der Waals surface area contributed by atoms with E-state index in [9.17, 15) is 29.1 Å². The van der Waals surface area contributed by atoms with Gasteiger partial charge in [-0.25, -0.2) is 19.4 Å². The van der Waals surface area contributed by atoms with Crippen LogP contribution in [0.4, 0.5) is 4.79 Å². The van der Waals surface area contributed by atoms with Gasteiger partial charge in [0.2, 0.25) is 0 Å². The third-order valence-corrected chi connectivity index (χ3v) is 7.31. The third-order valence-electron chi connectivity index (χ3n) is 7.31. The largest absolute Gasteiger partial charge is 0.481 e. The lowest BCUT2D eigenvalue weighted by molar-refractivity contribution is -0.172. The summed E-state index contributed by atoms with van der Waals surface area (Å²) < 4.78 is 11.9. The SMILES string of the molecule is CCc1c2c(nc3ccc(OC(=O)NC(CC(=O)O)C(=O)O)cc13)-c1cc3c(c(=O)n1C2)COC(=O)[C@]3(O)CC. The Morgan fingerprint density at radius 3 is 2.58 bits per heavy atom. The monoisotopic (exact) mass is 551 g/mol. The number of fused-ring (bicyclic) bond motifs is 5. The molecule has 4 heterocycles. The van der Waals surface area contributed by atoms with Crippen LogP contribution in [0.2, 0.25) is 0 Å². The van der Waals surface area contributed by atoms with Crippen molar-refractivity contribution in [3.8, 4) is 17.1 Å². The number of carbonyl (C=O) groups excluding carboxylic acids is 2. The van der Waals surface area contributed by atoms with Gasteiger partial charge in [-0.2, -0.15) is 0 Å². The number of hydrogen-bond acceptors (Lipinski definition) is 9. The summed E-state index contributed by atoms with van der Waals surface area (Å²) in [6.07, 6.45) is -1.40. The Bertz CT molecular complexity index is 1680. The summed E-state index contributed by atoms with van der Waals surface area (Å²) in [5.41, 5.74) is 1.23. The molecular weight excluding hydrogens is 526 g/mol. The molecule has 0 aliphatic carbocycles. The lowest BCUT2D eigenvalue weighted by atomic mass is 9.86. The lowest BCUT2D eigenvalue weighted by Crippen LogP contribution is -2.44. The smallest absolute Gasteiger partial charge is 0.413 e. The van der Waals surface area contributed by atoms with E-state index in [1.165, 1.54) is 10.6 Å². The van der Waals surface area contributed by atoms with Gasteiger partial charge in [-0.05, 0) is 42.7 Å². The first-order valence-electron chi connectivity index (χ1n) is 12.5. The third kappa shape index (κ3) is 4.24. The molecule has 1 unspecified atom stereocenters. The molecule has 3 aromatic rings. The van der Waals surface area contributed by atoms with Crippen LogP contribution in [0.3, 0.4) is 0 Å². The minimum Gasteiger partial charge on any atom is -0.481 e. The second-order valence-electron chi connectivity index (χ2n) is 9.58. The number of amides is 1. The highest BCUT2D eigenvalue weighted by Crippen LogP contribution is 2.40. The predicted octanol–water partition coefficient (Wildman–Crippen LogP) is 1.66. The molecule has 0 saturated carbocycles. The van der Waals surface area contributed by atoms with Crippen LogP contribution in [0.15, 0.2) is 29.1 Å². The van der Waals surface area contributed by atoms with E-state index in [2.05, 4.69) is 0 Å². The van der Waals surface area contributed by atoms with Gasteiger partial charge in [-0.15, -0.1) is 0 Å². The van der Waals surface area contributed by atoms with Crippen LogP contribution >= 0.6 is 0 Å². The highest BCUT2D eigenvalue weighted by Gasteiger charge is 2.45. The molecule has 2 aliphatic heterocycles. The van der Waals surface area contributed by atoms with Gasteiger partial charge in [0, 0.05) is 16.5 Å². The maximum atomic E-state index is 13.4. The second kappa shape index (κ2) is 9.75. The van der Waals surface area contributed by atoms with Crippen LogP contribution in [0.25, 0.3) is 22.3 Å². The van der Waals surface area contributed by atoms with Gasteiger partial charge >= 0.3 is 24.0 Å². The average molecular weight is 552 g/mol. The summed E-state index contributed by atoms with van der Waals surface area (Å²) >= 11 is 0. The number of aliphatic hydroxyl groups is 1. The van der Waals surface area contributed by atoms with Gasteiger partial charge in [-0.1, -0.05) is 13.8 Å². The van der Waals surface area contributed by atoms with Crippen molar-refractivity contribution in [1.82, 2.24) is 14.9 Å². The summed E-state index contributed by atoms with van der Waals surface area (Å²) in [6, 6.07) is 4.57. The molecule has 1 amide bonds. The molecule has 13 heteroatoms. The van der Waals surface area contributed by atoms with E-state index >= 15 is 0 Å². The first-order chi connectivity index (χ1) is 19.0.